The summed E-state index contributed by atoms with van der Waals surface area (Å²) in [5.41, 5.74) is 4.23. The lowest BCUT2D eigenvalue weighted by atomic mass is 9.73. The van der Waals surface area contributed by atoms with E-state index in [1.165, 1.54) is 19.6 Å². The predicted octanol–water partition coefficient (Wildman–Crippen LogP) is 7.31. The maximum atomic E-state index is 14.0. The molecule has 33 heavy (non-hydrogen) atoms. The van der Waals surface area contributed by atoms with Crippen molar-refractivity contribution in [3.8, 4) is 0 Å². The molecule has 0 saturated carbocycles. The van der Waals surface area contributed by atoms with E-state index in [1.54, 1.807) is 44.2 Å². The number of allylic oxidation sites excluding steroid dienone is 5. The summed E-state index contributed by atoms with van der Waals surface area (Å²) in [6, 6.07) is 1.74. The van der Waals surface area contributed by atoms with Gasteiger partial charge in [0.05, 0.1) is 13.4 Å². The van der Waals surface area contributed by atoms with E-state index < -0.39 is 30.0 Å². The quantitative estimate of drug-likeness (QED) is 0.217. The minimum absolute atomic E-state index is 0.0345. The van der Waals surface area contributed by atoms with Crippen LogP contribution in [0.4, 0.5) is 13.2 Å². The molecule has 4 nitrogen and oxygen atoms in total. The number of halogens is 4. The van der Waals surface area contributed by atoms with Gasteiger partial charge in [-0.2, -0.15) is 13.2 Å². The average Bonchev–Trinajstić information content (AvgIpc) is 3.06. The average molecular weight is 535 g/mol. The molecule has 1 aromatic heterocycles. The second-order valence-electron chi connectivity index (χ2n) is 8.16. The molecule has 0 aromatic carbocycles. The van der Waals surface area contributed by atoms with E-state index in [9.17, 15) is 18.3 Å². The molecule has 1 unspecified atom stereocenters. The molecule has 8 heteroatoms. The van der Waals surface area contributed by atoms with Crippen LogP contribution in [0, 0.1) is 12.3 Å². The molecule has 188 valence electrons. The van der Waals surface area contributed by atoms with E-state index in [1.807, 2.05) is 27.7 Å². The lowest BCUT2D eigenvalue weighted by molar-refractivity contribution is -0.270. The summed E-state index contributed by atoms with van der Waals surface area (Å²) in [6.45, 7) is 11.0. The van der Waals surface area contributed by atoms with Gasteiger partial charge in [0.2, 0.25) is 0 Å². The Morgan fingerprint density at radius 2 is 1.88 bits per heavy atom. The van der Waals surface area contributed by atoms with Crippen LogP contribution in [0.15, 0.2) is 46.8 Å². The highest BCUT2D eigenvalue weighted by Gasteiger charge is 2.55. The molecule has 0 radical (unpaired) electrons. The molecule has 0 fully saturated rings. The van der Waals surface area contributed by atoms with Crippen LogP contribution in [-0.4, -0.2) is 29.0 Å². The molecule has 0 aliphatic carbocycles. The fourth-order valence-electron chi connectivity index (χ4n) is 3.43. The third-order valence-corrected chi connectivity index (χ3v) is 5.60. The molecule has 4 N–H and O–H groups in total. The second-order valence-corrected chi connectivity index (χ2v) is 9.08. The summed E-state index contributed by atoms with van der Waals surface area (Å²) in [5, 5.41) is 10.8. The van der Waals surface area contributed by atoms with Crippen molar-refractivity contribution in [2.75, 3.05) is 7.11 Å². The van der Waals surface area contributed by atoms with Gasteiger partial charge in [-0.3, -0.25) is 0 Å². The molecule has 1 rings (SSSR count). The van der Waals surface area contributed by atoms with Gasteiger partial charge in [-0.05, 0) is 74.1 Å². The molecule has 0 aliphatic rings. The lowest BCUT2D eigenvalue weighted by Gasteiger charge is -2.38. The molecule has 0 aliphatic heterocycles. The highest BCUT2D eigenvalue weighted by Crippen LogP contribution is 2.45. The SMILES string of the molecule is CC.C\C=C/C(Br)=C\C(=C\OC)C(C)(C)CC(O)(CCc1cc(/C=C\N)c(C)[nH]1)C(F)(F)F. The Hall–Kier alpha value is -1.93. The van der Waals surface area contributed by atoms with Crippen LogP contribution in [0.1, 0.15) is 64.4 Å². The number of rotatable bonds is 10. The summed E-state index contributed by atoms with van der Waals surface area (Å²) in [5.74, 6) is 0. The maximum absolute atomic E-state index is 14.0. The van der Waals surface area contributed by atoms with Gasteiger partial charge in [0.1, 0.15) is 0 Å². The number of aliphatic hydroxyl groups is 1. The number of ether oxygens (including phenoxy) is 1. The minimum Gasteiger partial charge on any atom is -0.504 e. The highest BCUT2D eigenvalue weighted by atomic mass is 79.9. The standard InChI is InChI=1S/C23H32BrF3N2O2.C2H6/c1-6-7-19(24)13-18(14-31-5)21(3,4)15-22(30,23(25,26)27)10-8-20-12-17(9-11-28)16(2)29-20;1-2/h6-7,9,11-14,29-30H,8,10,15,28H2,1-5H3;1-2H3/b7-6-,11-9-,18-14-,19-13+;. The Balaban J connectivity index is 0.00000497. The summed E-state index contributed by atoms with van der Waals surface area (Å²) in [6.07, 6.45) is 3.95. The number of alkyl halides is 3. The molecule has 0 spiro atoms. The first-order valence-corrected chi connectivity index (χ1v) is 11.7. The van der Waals surface area contributed by atoms with E-state index in [0.29, 0.717) is 15.7 Å². The van der Waals surface area contributed by atoms with Crippen molar-refractivity contribution in [3.63, 3.8) is 0 Å². The zero-order valence-corrected chi connectivity index (χ0v) is 22.2. The van der Waals surface area contributed by atoms with Gasteiger partial charge >= 0.3 is 6.18 Å². The smallest absolute Gasteiger partial charge is 0.417 e. The van der Waals surface area contributed by atoms with Crippen LogP contribution >= 0.6 is 15.9 Å². The summed E-state index contributed by atoms with van der Waals surface area (Å²) >= 11 is 3.38. The largest absolute Gasteiger partial charge is 0.504 e. The Kier molecular flexibility index (Phi) is 12.9. The van der Waals surface area contributed by atoms with E-state index in [-0.39, 0.29) is 6.42 Å². The van der Waals surface area contributed by atoms with E-state index >= 15 is 0 Å². The van der Waals surface area contributed by atoms with Crippen LogP contribution in [0.2, 0.25) is 0 Å². The Labute approximate surface area is 204 Å². The van der Waals surface area contributed by atoms with Gasteiger partial charge in [0.15, 0.2) is 5.60 Å². The minimum atomic E-state index is -4.80. The van der Waals surface area contributed by atoms with Gasteiger partial charge in [-0.15, -0.1) is 0 Å². The molecular weight excluding hydrogens is 497 g/mol. The second kappa shape index (κ2) is 13.7. The van der Waals surface area contributed by atoms with E-state index in [4.69, 9.17) is 10.5 Å². The Bertz CT molecular complexity index is 852. The van der Waals surface area contributed by atoms with Crippen molar-refractivity contribution < 1.29 is 23.0 Å². The summed E-state index contributed by atoms with van der Waals surface area (Å²) in [7, 11) is 1.43. The molecule has 1 atom stereocenters. The number of hydrogen-bond donors (Lipinski definition) is 3. The number of methoxy groups -OCH3 is 1. The highest BCUT2D eigenvalue weighted by molar-refractivity contribution is 9.11. The van der Waals surface area contributed by atoms with E-state index in [0.717, 1.165) is 11.3 Å². The zero-order chi connectivity index (χ0) is 25.9. The zero-order valence-electron chi connectivity index (χ0n) is 20.6. The van der Waals surface area contributed by atoms with Crippen LogP contribution < -0.4 is 5.73 Å². The number of hydrogen-bond acceptors (Lipinski definition) is 3. The van der Waals surface area contributed by atoms with Crippen molar-refractivity contribution in [1.82, 2.24) is 4.98 Å². The first kappa shape index (κ1) is 31.1. The van der Waals surface area contributed by atoms with Crippen molar-refractivity contribution >= 4 is 22.0 Å². The number of nitrogens with one attached hydrogen (secondary N) is 1. The third kappa shape index (κ3) is 9.45. The number of aromatic amines is 1. The topological polar surface area (TPSA) is 71.3 Å². The van der Waals surface area contributed by atoms with Crippen molar-refractivity contribution in [3.05, 3.63) is 63.8 Å². The van der Waals surface area contributed by atoms with Crippen LogP contribution in [0.5, 0.6) is 0 Å². The Morgan fingerprint density at radius 3 is 2.36 bits per heavy atom. The molecule has 0 saturated heterocycles. The number of nitrogens with two attached hydrogens (primary N) is 1. The normalized spacial score (nSPS) is 15.5. The van der Waals surface area contributed by atoms with Crippen molar-refractivity contribution in [2.24, 2.45) is 11.1 Å². The third-order valence-electron chi connectivity index (χ3n) is 5.10. The van der Waals surface area contributed by atoms with Crippen LogP contribution in [0.3, 0.4) is 0 Å². The van der Waals surface area contributed by atoms with Crippen molar-refractivity contribution in [1.29, 1.82) is 0 Å². The van der Waals surface area contributed by atoms with Gasteiger partial charge in [-0.1, -0.05) is 55.8 Å². The van der Waals surface area contributed by atoms with Gasteiger partial charge in [0, 0.05) is 15.9 Å². The maximum Gasteiger partial charge on any atom is 0.417 e. The van der Waals surface area contributed by atoms with Gasteiger partial charge < -0.3 is 20.6 Å². The lowest BCUT2D eigenvalue weighted by Crippen LogP contribution is -2.48. The molecular formula is C25H38BrF3N2O2. The van der Waals surface area contributed by atoms with Gasteiger partial charge in [-0.25, -0.2) is 0 Å². The first-order valence-electron chi connectivity index (χ1n) is 10.9. The first-order chi connectivity index (χ1) is 15.3. The van der Waals surface area contributed by atoms with Crippen LogP contribution in [-0.2, 0) is 11.2 Å². The van der Waals surface area contributed by atoms with E-state index in [2.05, 4.69) is 20.9 Å². The number of aromatic nitrogens is 1. The van der Waals surface area contributed by atoms with Gasteiger partial charge in [0.25, 0.3) is 0 Å². The molecule has 1 heterocycles. The predicted molar refractivity (Wildman–Crippen MR) is 135 cm³/mol. The van der Waals surface area contributed by atoms with Crippen LogP contribution in [0.25, 0.3) is 6.08 Å². The number of H-pyrrole nitrogens is 1. The molecule has 0 amide bonds. The summed E-state index contributed by atoms with van der Waals surface area (Å²) < 4.78 is 47.8. The Morgan fingerprint density at radius 1 is 1.27 bits per heavy atom. The monoisotopic (exact) mass is 534 g/mol. The molecule has 0 bridgehead atoms. The molecule has 1 aromatic rings. The number of aryl methyl sites for hydroxylation is 2. The fourth-order valence-corrected chi connectivity index (χ4v) is 3.94. The fraction of sp³-hybridized carbons (Fsp3) is 0.520. The van der Waals surface area contributed by atoms with Crippen molar-refractivity contribution in [2.45, 2.75) is 72.6 Å². The summed E-state index contributed by atoms with van der Waals surface area (Å²) in [4.78, 5) is 3.06.